The van der Waals surface area contributed by atoms with E-state index in [2.05, 4.69) is 22.1 Å². The van der Waals surface area contributed by atoms with Crippen molar-refractivity contribution >= 4 is 10.9 Å². The third kappa shape index (κ3) is 6.39. The molecule has 1 atom stereocenters. The number of ether oxygens (including phenoxy) is 1. The number of piperidine rings is 1. The average molecular weight is 430 g/mol. The number of fused-ring (bicyclic) bond motifs is 1. The molecular weight excluding hydrogens is 390 g/mol. The number of aliphatic hydroxyl groups is 2. The number of hydrogen-bond donors (Lipinski definition) is 3. The second-order valence-corrected chi connectivity index (χ2v) is 8.88. The smallest absolute Gasteiger partial charge is 0.119 e. The van der Waals surface area contributed by atoms with Crippen LogP contribution in [0.25, 0.3) is 10.9 Å². The van der Waals surface area contributed by atoms with Crippen molar-refractivity contribution < 1.29 is 14.9 Å². The first kappa shape index (κ1) is 23.9. The molecule has 31 heavy (non-hydrogen) atoms. The quantitative estimate of drug-likeness (QED) is 0.447. The molecule has 3 N–H and O–H groups in total. The van der Waals surface area contributed by atoms with Crippen molar-refractivity contribution in [2.24, 2.45) is 0 Å². The van der Waals surface area contributed by atoms with Gasteiger partial charge in [-0.25, -0.2) is 0 Å². The summed E-state index contributed by atoms with van der Waals surface area (Å²) in [5.74, 6) is 0.764. The third-order valence-corrected chi connectivity index (χ3v) is 6.67. The van der Waals surface area contributed by atoms with E-state index < -0.39 is 6.10 Å². The van der Waals surface area contributed by atoms with Crippen LogP contribution < -0.4 is 10.1 Å². The number of nitrogens with one attached hydrogen (secondary N) is 1. The molecule has 1 fully saturated rings. The molecule has 0 bridgehead atoms. The summed E-state index contributed by atoms with van der Waals surface area (Å²) in [7, 11) is 1.65. The minimum Gasteiger partial charge on any atom is -0.497 e. The minimum absolute atomic E-state index is 0.174. The second kappa shape index (κ2) is 11.8. The van der Waals surface area contributed by atoms with Gasteiger partial charge in [0.1, 0.15) is 5.75 Å². The van der Waals surface area contributed by atoms with Crippen LogP contribution in [0.5, 0.6) is 5.75 Å². The summed E-state index contributed by atoms with van der Waals surface area (Å²) in [4.78, 5) is 6.71. The topological polar surface area (TPSA) is 77.9 Å². The first-order valence-electron chi connectivity index (χ1n) is 11.8. The minimum atomic E-state index is -0.592. The molecule has 1 saturated heterocycles. The summed E-state index contributed by atoms with van der Waals surface area (Å²) in [5.41, 5.74) is 1.56. The molecule has 0 radical (unpaired) electrons. The summed E-state index contributed by atoms with van der Waals surface area (Å²) < 4.78 is 5.35. The second-order valence-electron chi connectivity index (χ2n) is 8.88. The van der Waals surface area contributed by atoms with Crippen LogP contribution in [0.3, 0.4) is 0 Å². The molecule has 1 aromatic carbocycles. The normalized spacial score (nSPS) is 17.7. The van der Waals surface area contributed by atoms with Crippen LogP contribution in [0, 0.1) is 0 Å². The summed E-state index contributed by atoms with van der Waals surface area (Å²) in [6.45, 7) is 5.69. The fourth-order valence-corrected chi connectivity index (χ4v) is 4.54. The van der Waals surface area contributed by atoms with E-state index in [1.54, 1.807) is 13.3 Å². The predicted octanol–water partition coefficient (Wildman–Crippen LogP) is 3.66. The van der Waals surface area contributed by atoms with Crippen molar-refractivity contribution in [1.29, 1.82) is 0 Å². The molecule has 0 aliphatic carbocycles. The maximum atomic E-state index is 11.0. The molecule has 0 saturated carbocycles. The van der Waals surface area contributed by atoms with E-state index in [-0.39, 0.29) is 12.1 Å². The molecular formula is C25H39N3O3. The van der Waals surface area contributed by atoms with Crippen molar-refractivity contribution in [2.45, 2.75) is 63.5 Å². The maximum Gasteiger partial charge on any atom is 0.119 e. The molecule has 1 aromatic heterocycles. The van der Waals surface area contributed by atoms with Crippen LogP contribution in [0.2, 0.25) is 0 Å². The molecule has 2 heterocycles. The summed E-state index contributed by atoms with van der Waals surface area (Å²) in [6.07, 6.45) is 9.25. The number of pyridine rings is 1. The number of hydrogen-bond acceptors (Lipinski definition) is 6. The number of likely N-dealkylation sites (tertiary alicyclic amines) is 1. The van der Waals surface area contributed by atoms with E-state index in [4.69, 9.17) is 4.74 Å². The standard InChI is InChI=1S/C25H39N3O3/c1-3-4-5-6-7-13-27-25(19-29)11-15-28(16-12-25)18-24(30)21-10-14-26-23-9-8-20(31-2)17-22(21)23/h8-10,14,17,24,27,29-30H,3-7,11-13,15-16,18-19H2,1-2H3/t24-/m0/s1. The van der Waals surface area contributed by atoms with E-state index in [0.29, 0.717) is 6.54 Å². The largest absolute Gasteiger partial charge is 0.497 e. The lowest BCUT2D eigenvalue weighted by atomic mass is 9.87. The Kier molecular flexibility index (Phi) is 9.08. The molecule has 6 heteroatoms. The first-order chi connectivity index (χ1) is 15.1. The molecule has 1 aliphatic heterocycles. The maximum absolute atomic E-state index is 11.0. The molecule has 3 rings (SSSR count). The van der Waals surface area contributed by atoms with Crippen LogP contribution >= 0.6 is 0 Å². The van der Waals surface area contributed by atoms with Crippen LogP contribution in [-0.2, 0) is 0 Å². The van der Waals surface area contributed by atoms with Gasteiger partial charge in [-0.2, -0.15) is 0 Å². The number of unbranched alkanes of at least 4 members (excludes halogenated alkanes) is 4. The number of nitrogens with zero attached hydrogens (tertiary/aromatic N) is 2. The molecule has 2 aromatic rings. The van der Waals surface area contributed by atoms with Crippen LogP contribution in [0.1, 0.15) is 63.5 Å². The zero-order valence-corrected chi connectivity index (χ0v) is 19.1. The Balaban J connectivity index is 1.54. The lowest BCUT2D eigenvalue weighted by molar-refractivity contribution is 0.0494. The zero-order chi connectivity index (χ0) is 22.1. The number of β-amino-alcohol motifs (C(OH)–C–C–N with tert-alkyl or cyclic N) is 1. The van der Waals surface area contributed by atoms with Gasteiger partial charge in [-0.1, -0.05) is 32.6 Å². The highest BCUT2D eigenvalue weighted by Gasteiger charge is 2.34. The number of aliphatic hydroxyl groups excluding tert-OH is 2. The van der Waals surface area contributed by atoms with Crippen LogP contribution in [0.4, 0.5) is 0 Å². The summed E-state index contributed by atoms with van der Waals surface area (Å²) >= 11 is 0. The monoisotopic (exact) mass is 429 g/mol. The highest BCUT2D eigenvalue weighted by Crippen LogP contribution is 2.29. The lowest BCUT2D eigenvalue weighted by Gasteiger charge is -2.42. The summed E-state index contributed by atoms with van der Waals surface area (Å²) in [6, 6.07) is 7.66. The SMILES string of the molecule is CCCCCCCNC1(CO)CCN(C[C@H](O)c2ccnc3ccc(OC)cc23)CC1. The Bertz CT molecular complexity index is 806. The summed E-state index contributed by atoms with van der Waals surface area (Å²) in [5, 5.41) is 25.6. The van der Waals surface area contributed by atoms with Crippen LogP contribution in [0.15, 0.2) is 30.5 Å². The molecule has 0 spiro atoms. The van der Waals surface area contributed by atoms with E-state index >= 15 is 0 Å². The van der Waals surface area contributed by atoms with E-state index in [9.17, 15) is 10.2 Å². The van der Waals surface area contributed by atoms with Crippen molar-refractivity contribution in [2.75, 3.05) is 39.9 Å². The van der Waals surface area contributed by atoms with Gasteiger partial charge < -0.3 is 25.2 Å². The van der Waals surface area contributed by atoms with E-state index in [1.807, 2.05) is 24.3 Å². The lowest BCUT2D eigenvalue weighted by Crippen LogP contribution is -2.56. The molecule has 0 amide bonds. The Morgan fingerprint density at radius 1 is 1.16 bits per heavy atom. The van der Waals surface area contributed by atoms with Gasteiger partial charge in [0, 0.05) is 36.8 Å². The molecule has 172 valence electrons. The highest BCUT2D eigenvalue weighted by atomic mass is 16.5. The Morgan fingerprint density at radius 3 is 2.65 bits per heavy atom. The number of benzene rings is 1. The van der Waals surface area contributed by atoms with E-state index in [1.165, 1.54) is 32.1 Å². The molecule has 6 nitrogen and oxygen atoms in total. The van der Waals surface area contributed by atoms with Crippen molar-refractivity contribution in [3.63, 3.8) is 0 Å². The first-order valence-corrected chi connectivity index (χ1v) is 11.8. The van der Waals surface area contributed by atoms with E-state index in [0.717, 1.165) is 54.7 Å². The van der Waals surface area contributed by atoms with Gasteiger partial charge in [-0.05, 0) is 55.6 Å². The fraction of sp³-hybridized carbons (Fsp3) is 0.640. The van der Waals surface area contributed by atoms with Crippen LogP contribution in [-0.4, -0.2) is 65.5 Å². The van der Waals surface area contributed by atoms with Crippen molar-refractivity contribution in [1.82, 2.24) is 15.2 Å². The zero-order valence-electron chi connectivity index (χ0n) is 19.1. The Morgan fingerprint density at radius 2 is 1.94 bits per heavy atom. The predicted molar refractivity (Wildman–Crippen MR) is 126 cm³/mol. The van der Waals surface area contributed by atoms with Gasteiger partial charge in [0.2, 0.25) is 0 Å². The number of rotatable bonds is 12. The van der Waals surface area contributed by atoms with Gasteiger partial charge in [-0.3, -0.25) is 4.98 Å². The van der Waals surface area contributed by atoms with Gasteiger partial charge in [0.15, 0.2) is 0 Å². The molecule has 1 aliphatic rings. The average Bonchev–Trinajstić information content (AvgIpc) is 2.81. The third-order valence-electron chi connectivity index (χ3n) is 6.67. The fourth-order valence-electron chi connectivity index (χ4n) is 4.54. The number of aromatic nitrogens is 1. The van der Waals surface area contributed by atoms with Gasteiger partial charge in [0.05, 0.1) is 25.3 Å². The Labute approximate surface area is 186 Å². The van der Waals surface area contributed by atoms with Gasteiger partial charge in [0.25, 0.3) is 0 Å². The van der Waals surface area contributed by atoms with Crippen molar-refractivity contribution in [3.05, 3.63) is 36.0 Å². The van der Waals surface area contributed by atoms with Gasteiger partial charge >= 0.3 is 0 Å². The van der Waals surface area contributed by atoms with Crippen molar-refractivity contribution in [3.8, 4) is 5.75 Å². The molecule has 0 unspecified atom stereocenters. The number of methoxy groups -OCH3 is 1. The van der Waals surface area contributed by atoms with Gasteiger partial charge in [-0.15, -0.1) is 0 Å². The highest BCUT2D eigenvalue weighted by molar-refractivity contribution is 5.83. The Hall–Kier alpha value is -1.73.